The zero-order valence-electron chi connectivity index (χ0n) is 19.7. The van der Waals surface area contributed by atoms with Crippen molar-refractivity contribution in [2.75, 3.05) is 62.3 Å². The second-order valence-electron chi connectivity index (χ2n) is 8.63. The van der Waals surface area contributed by atoms with Gasteiger partial charge in [0, 0.05) is 56.6 Å². The van der Waals surface area contributed by atoms with E-state index in [0.29, 0.717) is 56.5 Å². The van der Waals surface area contributed by atoms with Crippen molar-refractivity contribution in [3.8, 4) is 11.5 Å². The van der Waals surface area contributed by atoms with Crippen LogP contribution in [-0.4, -0.2) is 73.3 Å². The van der Waals surface area contributed by atoms with E-state index in [-0.39, 0.29) is 11.7 Å². The highest BCUT2D eigenvalue weighted by atomic mass is 19.1. The molecule has 0 aliphatic carbocycles. The highest BCUT2D eigenvalue weighted by molar-refractivity contribution is 5.94. The minimum Gasteiger partial charge on any atom is -0.457 e. The van der Waals surface area contributed by atoms with Gasteiger partial charge in [-0.15, -0.1) is 0 Å². The number of morpholine rings is 1. The van der Waals surface area contributed by atoms with Crippen LogP contribution in [0.5, 0.6) is 11.5 Å². The van der Waals surface area contributed by atoms with Gasteiger partial charge in [0.2, 0.25) is 5.95 Å². The van der Waals surface area contributed by atoms with Crippen molar-refractivity contribution in [1.82, 2.24) is 14.9 Å². The average Bonchev–Trinajstić information content (AvgIpc) is 2.90. The summed E-state index contributed by atoms with van der Waals surface area (Å²) in [4.78, 5) is 28.8. The molecule has 0 saturated carbocycles. The summed E-state index contributed by atoms with van der Waals surface area (Å²) in [5.74, 6) is 2.31. The third-order valence-corrected chi connectivity index (χ3v) is 6.14. The molecule has 1 aromatic heterocycles. The van der Waals surface area contributed by atoms with Gasteiger partial charge in [-0.1, -0.05) is 6.07 Å². The van der Waals surface area contributed by atoms with Crippen molar-refractivity contribution in [2.24, 2.45) is 0 Å². The molecule has 1 amide bonds. The fourth-order valence-corrected chi connectivity index (χ4v) is 4.26. The molecule has 2 fully saturated rings. The molecule has 35 heavy (non-hydrogen) atoms. The van der Waals surface area contributed by atoms with E-state index in [1.165, 1.54) is 12.1 Å². The summed E-state index contributed by atoms with van der Waals surface area (Å²) in [6, 6.07) is 14.9. The highest BCUT2D eigenvalue weighted by Gasteiger charge is 2.24. The Balaban J connectivity index is 1.22. The summed E-state index contributed by atoms with van der Waals surface area (Å²) in [6.07, 6.45) is 0. The molecular formula is C26H28FN5O3. The fourth-order valence-electron chi connectivity index (χ4n) is 4.26. The number of carbonyl (C=O) groups is 1. The third-order valence-electron chi connectivity index (χ3n) is 6.14. The van der Waals surface area contributed by atoms with Gasteiger partial charge in [0.1, 0.15) is 23.1 Å². The number of halogens is 1. The van der Waals surface area contributed by atoms with Gasteiger partial charge in [0.25, 0.3) is 5.91 Å². The lowest BCUT2D eigenvalue weighted by Gasteiger charge is -2.36. The molecule has 0 unspecified atom stereocenters. The molecule has 3 aromatic rings. The van der Waals surface area contributed by atoms with Crippen LogP contribution in [0.1, 0.15) is 16.1 Å². The summed E-state index contributed by atoms with van der Waals surface area (Å²) >= 11 is 0. The Kier molecular flexibility index (Phi) is 6.76. The van der Waals surface area contributed by atoms with E-state index in [1.54, 1.807) is 36.4 Å². The van der Waals surface area contributed by atoms with Gasteiger partial charge < -0.3 is 24.2 Å². The van der Waals surface area contributed by atoms with E-state index in [2.05, 4.69) is 14.8 Å². The van der Waals surface area contributed by atoms with Crippen LogP contribution in [-0.2, 0) is 4.74 Å². The minimum atomic E-state index is -0.324. The zero-order chi connectivity index (χ0) is 24.2. The van der Waals surface area contributed by atoms with Crippen LogP contribution in [0.15, 0.2) is 54.6 Å². The number of nitrogens with zero attached hydrogens (tertiary/aromatic N) is 5. The molecule has 0 spiro atoms. The first-order valence-corrected chi connectivity index (χ1v) is 11.8. The molecule has 2 aromatic carbocycles. The molecule has 5 rings (SSSR count). The maximum Gasteiger partial charge on any atom is 0.254 e. The molecular weight excluding hydrogens is 449 g/mol. The summed E-state index contributed by atoms with van der Waals surface area (Å²) in [7, 11) is 0. The number of aryl methyl sites for hydroxylation is 1. The lowest BCUT2D eigenvalue weighted by atomic mass is 10.1. The SMILES string of the molecule is Cc1cc(N2CCN(C(=O)c3cccc(Oc4ccc(F)cc4)c3)CC2)nc(N2CCOCC2)n1. The number of ether oxygens (including phenoxy) is 2. The van der Waals surface area contributed by atoms with Gasteiger partial charge in [-0.3, -0.25) is 4.79 Å². The Morgan fingerprint density at radius 1 is 0.886 bits per heavy atom. The van der Waals surface area contributed by atoms with Crippen LogP contribution in [0.25, 0.3) is 0 Å². The standard InChI is InChI=1S/C26H28FN5O3/c1-19-17-24(29-26(28-19)32-13-15-34-16-14-32)30-9-11-31(12-10-30)25(33)20-3-2-4-23(18-20)35-22-7-5-21(27)6-8-22/h2-8,17-18H,9-16H2,1H3. The Labute approximate surface area is 203 Å². The topological polar surface area (TPSA) is 71.0 Å². The number of benzene rings is 2. The maximum atomic E-state index is 13.2. The number of hydrogen-bond acceptors (Lipinski definition) is 7. The smallest absolute Gasteiger partial charge is 0.254 e. The summed E-state index contributed by atoms with van der Waals surface area (Å²) in [6.45, 7) is 7.50. The Morgan fingerprint density at radius 3 is 2.37 bits per heavy atom. The van der Waals surface area contributed by atoms with E-state index < -0.39 is 0 Å². The van der Waals surface area contributed by atoms with Crippen molar-refractivity contribution < 1.29 is 18.7 Å². The highest BCUT2D eigenvalue weighted by Crippen LogP contribution is 2.24. The van der Waals surface area contributed by atoms with Gasteiger partial charge in [0.15, 0.2) is 0 Å². The lowest BCUT2D eigenvalue weighted by Crippen LogP contribution is -2.49. The van der Waals surface area contributed by atoms with Crippen molar-refractivity contribution in [2.45, 2.75) is 6.92 Å². The molecule has 0 bridgehead atoms. The Morgan fingerprint density at radius 2 is 1.63 bits per heavy atom. The fraction of sp³-hybridized carbons (Fsp3) is 0.346. The first-order chi connectivity index (χ1) is 17.0. The molecule has 0 atom stereocenters. The number of rotatable bonds is 5. The lowest BCUT2D eigenvalue weighted by molar-refractivity contribution is 0.0746. The first kappa shape index (κ1) is 23.0. The molecule has 2 aliphatic rings. The van der Waals surface area contributed by atoms with E-state index in [1.807, 2.05) is 17.9 Å². The average molecular weight is 478 g/mol. The van der Waals surface area contributed by atoms with E-state index in [4.69, 9.17) is 14.5 Å². The predicted octanol–water partition coefficient (Wildman–Crippen LogP) is 3.52. The normalized spacial score (nSPS) is 16.3. The third kappa shape index (κ3) is 5.51. The van der Waals surface area contributed by atoms with Crippen molar-refractivity contribution in [1.29, 1.82) is 0 Å². The molecule has 182 valence electrons. The molecule has 2 aliphatic heterocycles. The van der Waals surface area contributed by atoms with Crippen LogP contribution >= 0.6 is 0 Å². The Bertz CT molecular complexity index is 1180. The number of piperazine rings is 1. The maximum absolute atomic E-state index is 13.2. The zero-order valence-corrected chi connectivity index (χ0v) is 19.7. The number of anilines is 2. The molecule has 0 radical (unpaired) electrons. The van der Waals surface area contributed by atoms with Gasteiger partial charge in [-0.25, -0.2) is 9.37 Å². The van der Waals surface area contributed by atoms with Gasteiger partial charge in [-0.05, 0) is 49.4 Å². The number of aromatic nitrogens is 2. The van der Waals surface area contributed by atoms with Crippen LogP contribution in [0, 0.1) is 12.7 Å². The summed E-state index contributed by atoms with van der Waals surface area (Å²) in [5, 5.41) is 0. The second kappa shape index (κ2) is 10.3. The predicted molar refractivity (Wildman–Crippen MR) is 131 cm³/mol. The van der Waals surface area contributed by atoms with E-state index >= 15 is 0 Å². The van der Waals surface area contributed by atoms with E-state index in [0.717, 1.165) is 30.5 Å². The molecule has 3 heterocycles. The van der Waals surface area contributed by atoms with Crippen LogP contribution in [0.2, 0.25) is 0 Å². The minimum absolute atomic E-state index is 0.0397. The monoisotopic (exact) mass is 477 g/mol. The van der Waals surface area contributed by atoms with Gasteiger partial charge >= 0.3 is 0 Å². The van der Waals surface area contributed by atoms with Crippen LogP contribution in [0.4, 0.5) is 16.2 Å². The largest absolute Gasteiger partial charge is 0.457 e. The molecule has 0 N–H and O–H groups in total. The summed E-state index contributed by atoms with van der Waals surface area (Å²) < 4.78 is 24.4. The molecule has 8 nitrogen and oxygen atoms in total. The quantitative estimate of drug-likeness (QED) is 0.557. The van der Waals surface area contributed by atoms with E-state index in [9.17, 15) is 9.18 Å². The number of hydrogen-bond donors (Lipinski definition) is 0. The van der Waals surface area contributed by atoms with Gasteiger partial charge in [0.05, 0.1) is 13.2 Å². The first-order valence-electron chi connectivity index (χ1n) is 11.8. The number of carbonyl (C=O) groups excluding carboxylic acids is 1. The van der Waals surface area contributed by atoms with Crippen molar-refractivity contribution in [3.63, 3.8) is 0 Å². The van der Waals surface area contributed by atoms with Crippen molar-refractivity contribution in [3.05, 3.63) is 71.7 Å². The Hall–Kier alpha value is -3.72. The molecule has 9 heteroatoms. The van der Waals surface area contributed by atoms with Gasteiger partial charge in [-0.2, -0.15) is 4.98 Å². The number of amides is 1. The summed E-state index contributed by atoms with van der Waals surface area (Å²) in [5.41, 5.74) is 1.48. The second-order valence-corrected chi connectivity index (χ2v) is 8.63. The molecule has 2 saturated heterocycles. The van der Waals surface area contributed by atoms with Crippen molar-refractivity contribution >= 4 is 17.7 Å². The van der Waals surface area contributed by atoms with Crippen LogP contribution < -0.4 is 14.5 Å². The van der Waals surface area contributed by atoms with Crippen LogP contribution in [0.3, 0.4) is 0 Å².